The molecule has 1 heterocycles. The number of aliphatic hydroxyl groups is 1. The number of thiophene rings is 1. The van der Waals surface area contributed by atoms with E-state index in [4.69, 9.17) is 0 Å². The number of aryl methyl sites for hydroxylation is 1. The fourth-order valence-corrected chi connectivity index (χ4v) is 3.24. The van der Waals surface area contributed by atoms with Crippen LogP contribution in [0.25, 0.3) is 0 Å². The molecular formula is C12H18OS. The molecule has 0 aromatic carbocycles. The molecule has 1 aromatic rings. The first kappa shape index (κ1) is 10.2. The minimum Gasteiger partial charge on any atom is -0.388 e. The maximum absolute atomic E-state index is 10.2. The first-order valence-electron chi connectivity index (χ1n) is 5.40. The van der Waals surface area contributed by atoms with Crippen molar-refractivity contribution in [2.75, 3.05) is 0 Å². The summed E-state index contributed by atoms with van der Waals surface area (Å²) in [5.74, 6) is 1.30. The third-order valence-electron chi connectivity index (χ3n) is 3.40. The summed E-state index contributed by atoms with van der Waals surface area (Å²) < 4.78 is 0. The lowest BCUT2D eigenvalue weighted by atomic mass is 9.94. The van der Waals surface area contributed by atoms with Gasteiger partial charge in [0.25, 0.3) is 0 Å². The second-order valence-electron chi connectivity index (χ2n) is 4.56. The van der Waals surface area contributed by atoms with Gasteiger partial charge < -0.3 is 5.11 Å². The molecule has 2 heteroatoms. The van der Waals surface area contributed by atoms with Gasteiger partial charge in [-0.05, 0) is 48.6 Å². The zero-order chi connectivity index (χ0) is 10.1. The third kappa shape index (κ3) is 1.86. The fourth-order valence-electron chi connectivity index (χ4n) is 2.49. The molecule has 0 saturated heterocycles. The summed E-state index contributed by atoms with van der Waals surface area (Å²) in [6.07, 6.45) is 3.45. The van der Waals surface area contributed by atoms with Crippen molar-refractivity contribution in [2.24, 2.45) is 11.8 Å². The lowest BCUT2D eigenvalue weighted by Crippen LogP contribution is -2.09. The summed E-state index contributed by atoms with van der Waals surface area (Å²) in [7, 11) is 0. The molecule has 3 atom stereocenters. The van der Waals surface area contributed by atoms with E-state index in [0.29, 0.717) is 5.92 Å². The first-order valence-corrected chi connectivity index (χ1v) is 6.28. The molecule has 1 aliphatic rings. The Bertz CT molecular complexity index is 305. The van der Waals surface area contributed by atoms with Gasteiger partial charge in [0.1, 0.15) is 0 Å². The van der Waals surface area contributed by atoms with Crippen LogP contribution in [-0.2, 0) is 0 Å². The van der Waals surface area contributed by atoms with Crippen molar-refractivity contribution in [3.05, 3.63) is 21.9 Å². The Labute approximate surface area is 89.8 Å². The molecule has 1 aromatic heterocycles. The molecule has 0 aliphatic heterocycles. The van der Waals surface area contributed by atoms with Gasteiger partial charge in [-0.25, -0.2) is 0 Å². The molecule has 14 heavy (non-hydrogen) atoms. The van der Waals surface area contributed by atoms with E-state index in [2.05, 4.69) is 25.3 Å². The zero-order valence-corrected chi connectivity index (χ0v) is 9.68. The van der Waals surface area contributed by atoms with Crippen LogP contribution < -0.4 is 0 Å². The van der Waals surface area contributed by atoms with Gasteiger partial charge in [-0.3, -0.25) is 0 Å². The van der Waals surface area contributed by atoms with Crippen molar-refractivity contribution < 1.29 is 5.11 Å². The van der Waals surface area contributed by atoms with E-state index < -0.39 is 0 Å². The van der Waals surface area contributed by atoms with Crippen molar-refractivity contribution in [1.29, 1.82) is 0 Å². The van der Waals surface area contributed by atoms with Crippen molar-refractivity contribution >= 4 is 11.3 Å². The van der Waals surface area contributed by atoms with Crippen molar-refractivity contribution in [2.45, 2.75) is 39.2 Å². The number of hydrogen-bond donors (Lipinski definition) is 1. The summed E-state index contributed by atoms with van der Waals surface area (Å²) in [6.45, 7) is 4.38. The second kappa shape index (κ2) is 4.03. The van der Waals surface area contributed by atoms with Gasteiger partial charge in [-0.1, -0.05) is 13.3 Å². The molecule has 1 nitrogen and oxygen atoms in total. The molecule has 0 bridgehead atoms. The van der Waals surface area contributed by atoms with E-state index in [9.17, 15) is 5.11 Å². The second-order valence-corrected chi connectivity index (χ2v) is 5.68. The fraction of sp³-hybridized carbons (Fsp3) is 0.667. The van der Waals surface area contributed by atoms with E-state index in [1.807, 2.05) is 0 Å². The number of aliphatic hydroxyl groups excluding tert-OH is 1. The summed E-state index contributed by atoms with van der Waals surface area (Å²) in [6, 6.07) is 2.08. The Kier molecular flexibility index (Phi) is 2.93. The monoisotopic (exact) mass is 210 g/mol. The van der Waals surface area contributed by atoms with E-state index in [-0.39, 0.29) is 6.10 Å². The maximum Gasteiger partial charge on any atom is 0.0828 e. The Morgan fingerprint density at radius 1 is 1.50 bits per heavy atom. The average molecular weight is 210 g/mol. The van der Waals surface area contributed by atoms with Crippen LogP contribution in [0.15, 0.2) is 11.4 Å². The molecule has 1 aliphatic carbocycles. The van der Waals surface area contributed by atoms with E-state index in [1.165, 1.54) is 24.1 Å². The summed E-state index contributed by atoms with van der Waals surface area (Å²) >= 11 is 1.73. The van der Waals surface area contributed by atoms with Crippen LogP contribution in [0.3, 0.4) is 0 Å². The molecule has 0 radical (unpaired) electrons. The van der Waals surface area contributed by atoms with Gasteiger partial charge in [0.05, 0.1) is 6.10 Å². The highest BCUT2D eigenvalue weighted by Crippen LogP contribution is 2.40. The number of rotatable bonds is 2. The standard InChI is InChI=1S/C12H18OS/c1-8-3-4-10(7-8)12(13)11-5-6-14-9(11)2/h5-6,8,10,12-13H,3-4,7H2,1-2H3. The molecule has 3 unspecified atom stereocenters. The van der Waals surface area contributed by atoms with Crippen molar-refractivity contribution in [3.63, 3.8) is 0 Å². The Balaban J connectivity index is 2.09. The number of hydrogen-bond acceptors (Lipinski definition) is 2. The smallest absolute Gasteiger partial charge is 0.0828 e. The first-order chi connectivity index (χ1) is 6.68. The van der Waals surface area contributed by atoms with Crippen LogP contribution in [0.4, 0.5) is 0 Å². The normalized spacial score (nSPS) is 29.4. The summed E-state index contributed by atoms with van der Waals surface area (Å²) in [4.78, 5) is 1.28. The lowest BCUT2D eigenvalue weighted by Gasteiger charge is -2.17. The molecule has 0 amide bonds. The maximum atomic E-state index is 10.2. The van der Waals surface area contributed by atoms with Crippen molar-refractivity contribution in [3.8, 4) is 0 Å². The summed E-state index contributed by atoms with van der Waals surface area (Å²) in [5, 5.41) is 12.3. The third-order valence-corrected chi connectivity index (χ3v) is 4.26. The Morgan fingerprint density at radius 3 is 2.79 bits per heavy atom. The molecule has 1 fully saturated rings. The predicted octanol–water partition coefficient (Wildman–Crippen LogP) is 3.53. The molecule has 1 N–H and O–H groups in total. The molecule has 78 valence electrons. The van der Waals surface area contributed by atoms with Gasteiger partial charge in [0, 0.05) is 4.88 Å². The Hall–Kier alpha value is -0.340. The molecule has 2 rings (SSSR count). The largest absolute Gasteiger partial charge is 0.388 e. The van der Waals surface area contributed by atoms with Gasteiger partial charge in [0.15, 0.2) is 0 Å². The lowest BCUT2D eigenvalue weighted by molar-refractivity contribution is 0.109. The van der Waals surface area contributed by atoms with Crippen LogP contribution in [-0.4, -0.2) is 5.11 Å². The molecule has 1 saturated carbocycles. The van der Waals surface area contributed by atoms with Crippen molar-refractivity contribution in [1.82, 2.24) is 0 Å². The van der Waals surface area contributed by atoms with Gasteiger partial charge in [0.2, 0.25) is 0 Å². The van der Waals surface area contributed by atoms with Crippen LogP contribution in [0.2, 0.25) is 0 Å². The summed E-state index contributed by atoms with van der Waals surface area (Å²) in [5.41, 5.74) is 1.16. The van der Waals surface area contributed by atoms with Crippen LogP contribution in [0.5, 0.6) is 0 Å². The Morgan fingerprint density at radius 2 is 2.29 bits per heavy atom. The zero-order valence-electron chi connectivity index (χ0n) is 8.86. The van der Waals surface area contributed by atoms with Gasteiger partial charge in [-0.2, -0.15) is 0 Å². The molecule has 0 spiro atoms. The van der Waals surface area contributed by atoms with E-state index in [1.54, 1.807) is 11.3 Å². The van der Waals surface area contributed by atoms with Crippen LogP contribution in [0, 0.1) is 18.8 Å². The minimum atomic E-state index is -0.216. The van der Waals surface area contributed by atoms with Gasteiger partial charge >= 0.3 is 0 Å². The quantitative estimate of drug-likeness (QED) is 0.791. The highest BCUT2D eigenvalue weighted by molar-refractivity contribution is 7.10. The van der Waals surface area contributed by atoms with Crippen LogP contribution in [0.1, 0.15) is 42.7 Å². The topological polar surface area (TPSA) is 20.2 Å². The van der Waals surface area contributed by atoms with Crippen LogP contribution >= 0.6 is 11.3 Å². The molecular weight excluding hydrogens is 192 g/mol. The SMILES string of the molecule is Cc1sccc1C(O)C1CCC(C)C1. The average Bonchev–Trinajstić information content (AvgIpc) is 2.73. The highest BCUT2D eigenvalue weighted by atomic mass is 32.1. The highest BCUT2D eigenvalue weighted by Gasteiger charge is 2.29. The van der Waals surface area contributed by atoms with E-state index >= 15 is 0 Å². The minimum absolute atomic E-state index is 0.216. The van der Waals surface area contributed by atoms with Gasteiger partial charge in [-0.15, -0.1) is 11.3 Å². The predicted molar refractivity (Wildman–Crippen MR) is 60.5 cm³/mol. The van der Waals surface area contributed by atoms with E-state index in [0.717, 1.165) is 11.5 Å².